The highest BCUT2D eigenvalue weighted by Gasteiger charge is 2.50. The van der Waals surface area contributed by atoms with E-state index in [1.54, 1.807) is 7.11 Å². The number of hydrazine groups is 1. The average molecular weight is 840 g/mol. The highest BCUT2D eigenvalue weighted by molar-refractivity contribution is 7.10. The molecule has 3 aliphatic heterocycles. The molecule has 6 bridgehead atoms. The van der Waals surface area contributed by atoms with Crippen molar-refractivity contribution in [1.29, 1.82) is 0 Å². The first-order valence-electron chi connectivity index (χ1n) is 21.9. The molecule has 4 aromatic rings. The van der Waals surface area contributed by atoms with Gasteiger partial charge in [0.2, 0.25) is 5.91 Å². The monoisotopic (exact) mass is 839 g/mol. The molecule has 0 spiro atoms. The van der Waals surface area contributed by atoms with E-state index in [4.69, 9.17) is 24.2 Å². The number of methoxy groups -OCH3 is 1. The lowest BCUT2D eigenvalue weighted by Crippen LogP contribution is -2.61. The summed E-state index contributed by atoms with van der Waals surface area (Å²) >= 11 is 1.44. The molecular weight excluding hydrogens is 779 g/mol. The second-order valence-corrected chi connectivity index (χ2v) is 18.9. The number of esters is 1. The van der Waals surface area contributed by atoms with Crippen LogP contribution >= 0.6 is 11.3 Å². The number of amides is 2. The number of carbonyl (C=O) groups is 3. The van der Waals surface area contributed by atoms with Crippen LogP contribution in [0.1, 0.15) is 95.7 Å². The molecule has 1 aromatic carbocycles. The van der Waals surface area contributed by atoms with Crippen LogP contribution in [0, 0.1) is 23.2 Å². The minimum Gasteiger partial charge on any atom is -0.464 e. The molecule has 60 heavy (non-hydrogen) atoms. The molecule has 2 N–H and O–H groups in total. The Kier molecular flexibility index (Phi) is 12.5. The van der Waals surface area contributed by atoms with E-state index in [9.17, 15) is 14.4 Å². The molecule has 13 nitrogen and oxygen atoms in total. The minimum absolute atomic E-state index is 0.165. The van der Waals surface area contributed by atoms with Gasteiger partial charge in [0.15, 0.2) is 0 Å². The summed E-state index contributed by atoms with van der Waals surface area (Å²) in [4.78, 5) is 55.1. The van der Waals surface area contributed by atoms with Crippen molar-refractivity contribution >= 4 is 40.0 Å². The Morgan fingerprint density at radius 1 is 1.12 bits per heavy atom. The van der Waals surface area contributed by atoms with Crippen LogP contribution in [0.15, 0.2) is 41.9 Å². The topological polar surface area (TPSA) is 140 Å². The van der Waals surface area contributed by atoms with Crippen molar-refractivity contribution in [3.05, 3.63) is 58.2 Å². The summed E-state index contributed by atoms with van der Waals surface area (Å²) in [5, 5.41) is 8.36. The molecule has 4 aliphatic rings. The molecule has 7 atom stereocenters. The first-order chi connectivity index (χ1) is 28.9. The Morgan fingerprint density at radius 2 is 1.90 bits per heavy atom. The highest BCUT2D eigenvalue weighted by Crippen LogP contribution is 2.46. The largest absolute Gasteiger partial charge is 0.464 e. The highest BCUT2D eigenvalue weighted by atomic mass is 32.1. The van der Waals surface area contributed by atoms with Gasteiger partial charge in [-0.3, -0.25) is 24.4 Å². The zero-order chi connectivity index (χ0) is 42.3. The maximum atomic E-state index is 14.8. The fraction of sp³-hybridized carbons (Fsp3) is 0.587. The van der Waals surface area contributed by atoms with Gasteiger partial charge < -0.3 is 29.0 Å². The van der Waals surface area contributed by atoms with Crippen molar-refractivity contribution in [3.63, 3.8) is 0 Å². The number of fused-ring (bicyclic) bond motifs is 6. The van der Waals surface area contributed by atoms with Gasteiger partial charge in [0.25, 0.3) is 5.91 Å². The number of likely N-dealkylation sites (tertiary alicyclic amines) is 1. The van der Waals surface area contributed by atoms with Crippen LogP contribution in [0.2, 0.25) is 0 Å². The van der Waals surface area contributed by atoms with E-state index in [0.29, 0.717) is 44.0 Å². The van der Waals surface area contributed by atoms with Crippen molar-refractivity contribution < 1.29 is 28.6 Å². The van der Waals surface area contributed by atoms with Crippen LogP contribution in [0.4, 0.5) is 0 Å². The Hall–Kier alpha value is -4.21. The summed E-state index contributed by atoms with van der Waals surface area (Å²) in [6.45, 7) is 16.9. The average Bonchev–Trinajstić information content (AvgIpc) is 3.76. The Balaban J connectivity index is 1.27. The Morgan fingerprint density at radius 3 is 2.63 bits per heavy atom. The number of carbonyl (C=O) groups excluding carboxylic acids is 3. The fourth-order valence-corrected chi connectivity index (χ4v) is 10.4. The number of hydrogen-bond acceptors (Lipinski definition) is 11. The standard InChI is InChI=1S/C46H61N7O6S/c1-8-52-36-16-15-30-23-32(36)33(40(52)31-13-11-17-47-38(31)29(4)57-7)24-46(5,6)26-59-45(56)34-14-12-20-53(50-34)44(55)39(49-42(54)37-27(2)28(37)3)41(43-48-35(30)25-60-43)58-22-21-51-18-9-10-19-51/h11,13,15-17,23,25,27-29,34,37,39,41,50H,8-10,12,14,18-22,24,26H2,1-7H3,(H,49,54)/t27-,28+,29-,34-,37+,39-,41-/m0/s1. The summed E-state index contributed by atoms with van der Waals surface area (Å²) in [5.74, 6) is -0.691. The van der Waals surface area contributed by atoms with E-state index in [0.717, 1.165) is 77.2 Å². The number of aryl methyl sites for hydroxylation is 1. The van der Waals surface area contributed by atoms with Gasteiger partial charge in [-0.05, 0) is 101 Å². The third kappa shape index (κ3) is 8.50. The van der Waals surface area contributed by atoms with E-state index in [2.05, 4.69) is 79.1 Å². The Bertz CT molecular complexity index is 2210. The molecule has 2 amide bonds. The van der Waals surface area contributed by atoms with E-state index in [-0.39, 0.29) is 42.3 Å². The molecule has 1 aliphatic carbocycles. The van der Waals surface area contributed by atoms with E-state index >= 15 is 0 Å². The van der Waals surface area contributed by atoms with Gasteiger partial charge in [-0.15, -0.1) is 11.3 Å². The van der Waals surface area contributed by atoms with Crippen LogP contribution in [0.25, 0.3) is 33.4 Å². The SMILES string of the molecule is CCn1c(-c2cccnc2[C@H](C)OC)c2c3cc(ccc31)-c1csc(n1)[C@@H](OCCN1CCCC1)[C@H](NC(=O)[C@H]1[C@H](C)[C@@H]1C)C(=O)N1CCC[C@H](N1)C(=O)OCC(C)(C)C2. The number of hydrogen-bond donors (Lipinski definition) is 2. The van der Waals surface area contributed by atoms with Crippen molar-refractivity contribution in [2.75, 3.05) is 46.5 Å². The lowest BCUT2D eigenvalue weighted by atomic mass is 9.84. The molecule has 6 heterocycles. The van der Waals surface area contributed by atoms with Crippen LogP contribution in [-0.2, 0) is 41.6 Å². The van der Waals surface area contributed by atoms with E-state index < -0.39 is 29.6 Å². The van der Waals surface area contributed by atoms with Crippen molar-refractivity contribution in [1.82, 2.24) is 35.2 Å². The van der Waals surface area contributed by atoms with E-state index in [1.807, 2.05) is 24.6 Å². The molecule has 322 valence electrons. The number of nitrogens with one attached hydrogen (secondary N) is 2. The van der Waals surface area contributed by atoms with Crippen molar-refractivity contribution in [2.45, 2.75) is 104 Å². The maximum absolute atomic E-state index is 14.8. The van der Waals surface area contributed by atoms with Gasteiger partial charge in [-0.25, -0.2) is 10.4 Å². The van der Waals surface area contributed by atoms with Gasteiger partial charge in [0, 0.05) is 71.7 Å². The molecule has 2 saturated heterocycles. The van der Waals surface area contributed by atoms with Gasteiger partial charge in [-0.2, -0.15) is 0 Å². The zero-order valence-electron chi connectivity index (χ0n) is 36.2. The van der Waals surface area contributed by atoms with Crippen LogP contribution < -0.4 is 10.7 Å². The number of aromatic nitrogens is 3. The Labute approximate surface area is 357 Å². The predicted molar refractivity (Wildman–Crippen MR) is 232 cm³/mol. The number of benzene rings is 1. The number of ether oxygens (including phenoxy) is 3. The maximum Gasteiger partial charge on any atom is 0.324 e. The number of nitrogens with zero attached hydrogens (tertiary/aromatic N) is 5. The smallest absolute Gasteiger partial charge is 0.324 e. The van der Waals surface area contributed by atoms with Gasteiger partial charge in [0.1, 0.15) is 23.2 Å². The minimum atomic E-state index is -1.08. The van der Waals surface area contributed by atoms with Gasteiger partial charge >= 0.3 is 5.97 Å². The first-order valence-corrected chi connectivity index (χ1v) is 22.7. The second-order valence-electron chi connectivity index (χ2n) is 18.0. The van der Waals surface area contributed by atoms with Crippen molar-refractivity contribution in [3.8, 4) is 22.5 Å². The molecule has 3 aromatic heterocycles. The molecule has 1 saturated carbocycles. The molecule has 0 radical (unpaired) electrons. The summed E-state index contributed by atoms with van der Waals surface area (Å²) < 4.78 is 21.0. The molecule has 8 rings (SSSR count). The molecule has 14 heteroatoms. The quantitative estimate of drug-likeness (QED) is 0.166. The normalized spacial score (nSPS) is 26.5. The number of thiazole rings is 1. The van der Waals surface area contributed by atoms with Gasteiger partial charge in [0.05, 0.1) is 36.4 Å². The lowest BCUT2D eigenvalue weighted by Gasteiger charge is -2.37. The van der Waals surface area contributed by atoms with E-state index in [1.165, 1.54) is 16.3 Å². The van der Waals surface area contributed by atoms with Gasteiger partial charge in [-0.1, -0.05) is 33.8 Å². The number of rotatable bonds is 10. The van der Waals surface area contributed by atoms with Crippen LogP contribution in [0.5, 0.6) is 0 Å². The third-order valence-electron chi connectivity index (χ3n) is 13.3. The first kappa shape index (κ1) is 42.5. The van der Waals surface area contributed by atoms with Crippen molar-refractivity contribution in [2.24, 2.45) is 23.2 Å². The molecular formula is C46H61N7O6S. The number of cyclic esters (lactones) is 1. The lowest BCUT2D eigenvalue weighted by molar-refractivity contribution is -0.157. The summed E-state index contributed by atoms with van der Waals surface area (Å²) in [6, 6.07) is 8.76. The third-order valence-corrected chi connectivity index (χ3v) is 14.2. The summed E-state index contributed by atoms with van der Waals surface area (Å²) in [6.07, 6.45) is 4.73. The predicted octanol–water partition coefficient (Wildman–Crippen LogP) is 6.72. The fourth-order valence-electron chi connectivity index (χ4n) is 9.46. The summed E-state index contributed by atoms with van der Waals surface area (Å²) in [5.41, 5.74) is 9.56. The zero-order valence-corrected chi connectivity index (χ0v) is 37.0. The van der Waals surface area contributed by atoms with Crippen LogP contribution in [-0.4, -0.2) is 101 Å². The molecule has 0 unspecified atom stereocenters. The summed E-state index contributed by atoms with van der Waals surface area (Å²) in [7, 11) is 1.70. The number of pyridine rings is 1. The molecule has 3 fully saturated rings. The van der Waals surface area contributed by atoms with Crippen LogP contribution in [0.3, 0.4) is 0 Å². The second kappa shape index (κ2) is 17.6.